The topological polar surface area (TPSA) is 88.2 Å². The lowest BCUT2D eigenvalue weighted by molar-refractivity contribution is -0.122. The molecular formula is C24H27N3O3S. The molecule has 1 saturated carbocycles. The van der Waals surface area contributed by atoms with E-state index in [1.165, 1.54) is 6.07 Å². The zero-order valence-corrected chi connectivity index (χ0v) is 18.6. The summed E-state index contributed by atoms with van der Waals surface area (Å²) in [4.78, 5) is 17.8. The van der Waals surface area contributed by atoms with Gasteiger partial charge in [0.25, 0.3) is 0 Å². The normalized spacial score (nSPS) is 16.2. The van der Waals surface area contributed by atoms with Crippen LogP contribution in [0.2, 0.25) is 0 Å². The van der Waals surface area contributed by atoms with Crippen LogP contribution < -0.4 is 10.0 Å². The fourth-order valence-electron chi connectivity index (χ4n) is 4.21. The molecule has 1 aliphatic rings. The summed E-state index contributed by atoms with van der Waals surface area (Å²) in [5, 5.41) is 3.69. The second-order valence-corrected chi connectivity index (χ2v) is 9.98. The van der Waals surface area contributed by atoms with E-state index in [2.05, 4.69) is 15.0 Å². The molecule has 1 aliphatic carbocycles. The number of nitrogens with one attached hydrogen (secondary N) is 2. The van der Waals surface area contributed by atoms with Gasteiger partial charge in [0.1, 0.15) is 10.4 Å². The first-order valence-corrected chi connectivity index (χ1v) is 12.1. The predicted molar refractivity (Wildman–Crippen MR) is 122 cm³/mol. The number of pyridine rings is 1. The number of benzene rings is 2. The van der Waals surface area contributed by atoms with Crippen molar-refractivity contribution in [1.82, 2.24) is 9.71 Å². The van der Waals surface area contributed by atoms with Gasteiger partial charge in [0.05, 0.1) is 5.52 Å². The van der Waals surface area contributed by atoms with Gasteiger partial charge >= 0.3 is 0 Å². The molecule has 6 nitrogen and oxygen atoms in total. The number of aromatic nitrogens is 1. The minimum atomic E-state index is -3.97. The summed E-state index contributed by atoms with van der Waals surface area (Å²) in [6, 6.07) is 14.4. The van der Waals surface area contributed by atoms with E-state index >= 15 is 0 Å². The van der Waals surface area contributed by atoms with Crippen molar-refractivity contribution in [1.29, 1.82) is 0 Å². The first kappa shape index (κ1) is 21.5. The Kier molecular flexibility index (Phi) is 5.81. The van der Waals surface area contributed by atoms with Crippen molar-refractivity contribution in [3.8, 4) is 0 Å². The van der Waals surface area contributed by atoms with Crippen molar-refractivity contribution in [2.75, 3.05) is 5.32 Å². The first-order chi connectivity index (χ1) is 14.8. The molecule has 31 heavy (non-hydrogen) atoms. The summed E-state index contributed by atoms with van der Waals surface area (Å²) in [5.74, 6) is -0.313. The lowest BCUT2D eigenvalue weighted by atomic mass is 9.82. The highest BCUT2D eigenvalue weighted by Gasteiger charge is 2.43. The molecule has 1 amide bonds. The molecule has 0 atom stereocenters. The minimum absolute atomic E-state index is 0.0922. The van der Waals surface area contributed by atoms with Crippen molar-refractivity contribution in [2.45, 2.75) is 56.4 Å². The fourth-order valence-corrected chi connectivity index (χ4v) is 5.81. The lowest BCUT2D eigenvalue weighted by Gasteiger charge is -2.36. The summed E-state index contributed by atoms with van der Waals surface area (Å²) in [5.41, 5.74) is 2.09. The van der Waals surface area contributed by atoms with Crippen LogP contribution in [0, 0.1) is 13.8 Å². The second-order valence-electron chi connectivity index (χ2n) is 8.33. The number of hydrogen-bond donors (Lipinski definition) is 2. The first-order valence-electron chi connectivity index (χ1n) is 10.6. The number of aryl methyl sites for hydroxylation is 2. The Labute approximate surface area is 183 Å². The highest BCUT2D eigenvalue weighted by Crippen LogP contribution is 2.32. The van der Waals surface area contributed by atoms with Crippen molar-refractivity contribution in [3.63, 3.8) is 0 Å². The molecule has 4 rings (SSSR count). The summed E-state index contributed by atoms with van der Waals surface area (Å²) < 4.78 is 29.7. The average Bonchev–Trinajstić information content (AvgIpc) is 2.76. The molecule has 0 aliphatic heterocycles. The van der Waals surface area contributed by atoms with Gasteiger partial charge < -0.3 is 5.32 Å². The summed E-state index contributed by atoms with van der Waals surface area (Å²) in [7, 11) is -3.97. The van der Waals surface area contributed by atoms with Gasteiger partial charge in [-0.1, -0.05) is 43.5 Å². The summed E-state index contributed by atoms with van der Waals surface area (Å²) in [6.45, 7) is 3.99. The summed E-state index contributed by atoms with van der Waals surface area (Å²) >= 11 is 0. The Morgan fingerprint density at radius 1 is 0.968 bits per heavy atom. The van der Waals surface area contributed by atoms with Gasteiger partial charge in [-0.05, 0) is 62.1 Å². The van der Waals surface area contributed by atoms with Crippen LogP contribution in [0.4, 0.5) is 5.69 Å². The SMILES string of the molecule is Cc1ccc(NC(=O)C2(NS(=O)(=O)c3cccc4cccnc34)CCCCC2)cc1C. The maximum absolute atomic E-state index is 13.4. The second kappa shape index (κ2) is 8.40. The largest absolute Gasteiger partial charge is 0.324 e. The number of para-hydroxylation sites is 1. The number of hydrogen-bond acceptors (Lipinski definition) is 4. The van der Waals surface area contributed by atoms with E-state index in [1.54, 1.807) is 18.3 Å². The van der Waals surface area contributed by atoms with Gasteiger partial charge in [0.15, 0.2) is 0 Å². The van der Waals surface area contributed by atoms with Crippen LogP contribution in [0.5, 0.6) is 0 Å². The predicted octanol–water partition coefficient (Wildman–Crippen LogP) is 4.47. The van der Waals surface area contributed by atoms with Crippen molar-refractivity contribution >= 4 is 32.5 Å². The van der Waals surface area contributed by atoms with Crippen molar-refractivity contribution in [2.24, 2.45) is 0 Å². The molecular weight excluding hydrogens is 410 g/mol. The summed E-state index contributed by atoms with van der Waals surface area (Å²) in [6.07, 6.45) is 5.05. The number of carbonyl (C=O) groups is 1. The standard InChI is InChI=1S/C24H27N3O3S/c1-17-11-12-20(16-18(17)2)26-23(28)24(13-4-3-5-14-24)27-31(29,30)21-10-6-8-19-9-7-15-25-22(19)21/h6-12,15-16,27H,3-5,13-14H2,1-2H3,(H,26,28). The van der Waals surface area contributed by atoms with Crippen LogP contribution in [-0.2, 0) is 14.8 Å². The van der Waals surface area contributed by atoms with Crippen LogP contribution in [0.15, 0.2) is 59.6 Å². The Balaban J connectivity index is 1.68. The van der Waals surface area contributed by atoms with Gasteiger partial charge in [0.2, 0.25) is 15.9 Å². The van der Waals surface area contributed by atoms with Gasteiger partial charge in [-0.3, -0.25) is 9.78 Å². The van der Waals surface area contributed by atoms with Crippen LogP contribution in [0.1, 0.15) is 43.2 Å². The molecule has 1 fully saturated rings. The van der Waals surface area contributed by atoms with E-state index in [4.69, 9.17) is 0 Å². The fraction of sp³-hybridized carbons (Fsp3) is 0.333. The molecule has 2 N–H and O–H groups in total. The quantitative estimate of drug-likeness (QED) is 0.616. The van der Waals surface area contributed by atoms with Crippen LogP contribution in [0.25, 0.3) is 10.9 Å². The number of amides is 1. The molecule has 0 spiro atoms. The number of fused-ring (bicyclic) bond motifs is 1. The van der Waals surface area contributed by atoms with Crippen molar-refractivity contribution < 1.29 is 13.2 Å². The van der Waals surface area contributed by atoms with E-state index < -0.39 is 15.6 Å². The molecule has 0 radical (unpaired) electrons. The van der Waals surface area contributed by atoms with Gasteiger partial charge in [-0.25, -0.2) is 8.42 Å². The number of sulfonamides is 1. The molecule has 0 unspecified atom stereocenters. The van der Waals surface area contributed by atoms with E-state index in [1.807, 2.05) is 44.2 Å². The molecule has 162 valence electrons. The van der Waals surface area contributed by atoms with E-state index in [0.717, 1.165) is 35.8 Å². The Bertz CT molecular complexity index is 1230. The zero-order chi connectivity index (χ0) is 22.1. The average molecular weight is 438 g/mol. The molecule has 0 saturated heterocycles. The van der Waals surface area contributed by atoms with Crippen molar-refractivity contribution in [3.05, 3.63) is 65.9 Å². The molecule has 1 heterocycles. The van der Waals surface area contributed by atoms with E-state index in [9.17, 15) is 13.2 Å². The molecule has 1 aromatic heterocycles. The van der Waals surface area contributed by atoms with Crippen LogP contribution in [0.3, 0.4) is 0 Å². The maximum Gasteiger partial charge on any atom is 0.245 e. The smallest absolute Gasteiger partial charge is 0.245 e. The number of nitrogens with zero attached hydrogens (tertiary/aromatic N) is 1. The maximum atomic E-state index is 13.4. The molecule has 0 bridgehead atoms. The Morgan fingerprint density at radius 3 is 2.45 bits per heavy atom. The van der Waals surface area contributed by atoms with E-state index in [0.29, 0.717) is 24.0 Å². The van der Waals surface area contributed by atoms with Crippen LogP contribution >= 0.6 is 0 Å². The highest BCUT2D eigenvalue weighted by atomic mass is 32.2. The third-order valence-corrected chi connectivity index (χ3v) is 7.69. The highest BCUT2D eigenvalue weighted by molar-refractivity contribution is 7.89. The third kappa shape index (κ3) is 4.34. The Hall–Kier alpha value is -2.77. The molecule has 3 aromatic rings. The monoisotopic (exact) mass is 437 g/mol. The van der Waals surface area contributed by atoms with Crippen LogP contribution in [-0.4, -0.2) is 24.8 Å². The van der Waals surface area contributed by atoms with Gasteiger partial charge in [-0.2, -0.15) is 4.72 Å². The molecule has 2 aromatic carbocycles. The number of carbonyl (C=O) groups excluding carboxylic acids is 1. The number of anilines is 1. The van der Waals surface area contributed by atoms with Gasteiger partial charge in [0, 0.05) is 17.3 Å². The zero-order valence-electron chi connectivity index (χ0n) is 17.8. The Morgan fingerprint density at radius 2 is 1.71 bits per heavy atom. The third-order valence-electron chi connectivity index (χ3n) is 6.12. The van der Waals surface area contributed by atoms with Gasteiger partial charge in [-0.15, -0.1) is 0 Å². The minimum Gasteiger partial charge on any atom is -0.324 e. The number of rotatable bonds is 5. The van der Waals surface area contributed by atoms with E-state index in [-0.39, 0.29) is 10.8 Å². The lowest BCUT2D eigenvalue weighted by Crippen LogP contribution is -2.57. The molecule has 7 heteroatoms.